The molecule has 0 saturated carbocycles. The van der Waals surface area contributed by atoms with Crippen molar-refractivity contribution in [3.63, 3.8) is 0 Å². The maximum absolute atomic E-state index is 14.1. The summed E-state index contributed by atoms with van der Waals surface area (Å²) in [6, 6.07) is 21.3. The van der Waals surface area contributed by atoms with Crippen LogP contribution in [0.1, 0.15) is 32.8 Å². The lowest BCUT2D eigenvalue weighted by atomic mass is 10.1. The van der Waals surface area contributed by atoms with Crippen LogP contribution in [-0.2, 0) is 9.84 Å². The van der Waals surface area contributed by atoms with Crippen molar-refractivity contribution < 1.29 is 26.0 Å². The molecule has 0 N–H and O–H groups in total. The fourth-order valence-electron chi connectivity index (χ4n) is 3.83. The molecule has 4 aromatic rings. The first kappa shape index (κ1) is 26.1. The van der Waals surface area contributed by atoms with Crippen LogP contribution < -0.4 is 0 Å². The predicted octanol–water partition coefficient (Wildman–Crippen LogP) is 7.87. The minimum absolute atomic E-state index is 0.321. The third-order valence-corrected chi connectivity index (χ3v) is 8.05. The first-order valence-electron chi connectivity index (χ1n) is 11.3. The summed E-state index contributed by atoms with van der Waals surface area (Å²) < 4.78 is 82.3. The van der Waals surface area contributed by atoms with Crippen LogP contribution in [0.4, 0.5) is 17.6 Å². The Kier molecular flexibility index (Phi) is 8.04. The van der Waals surface area contributed by atoms with Crippen LogP contribution >= 0.6 is 0 Å². The van der Waals surface area contributed by atoms with E-state index >= 15 is 0 Å². The molecule has 0 fully saturated rings. The molecule has 0 heterocycles. The van der Waals surface area contributed by atoms with Gasteiger partial charge in [-0.15, -0.1) is 0 Å². The summed E-state index contributed by atoms with van der Waals surface area (Å²) in [6.45, 7) is 0. The van der Waals surface area contributed by atoms with Crippen LogP contribution in [0.25, 0.3) is 12.2 Å². The molecule has 0 amide bonds. The van der Waals surface area contributed by atoms with Crippen LogP contribution in [0.3, 0.4) is 0 Å². The van der Waals surface area contributed by atoms with Gasteiger partial charge in [0.2, 0.25) is 0 Å². The lowest BCUT2D eigenvalue weighted by Crippen LogP contribution is -2.19. The van der Waals surface area contributed by atoms with Gasteiger partial charge in [-0.2, -0.15) is 0 Å². The summed E-state index contributed by atoms with van der Waals surface area (Å²) in [7, 11) is -4.12. The average molecular weight is 523 g/mol. The van der Waals surface area contributed by atoms with E-state index in [1.807, 2.05) is 0 Å². The molecule has 37 heavy (non-hydrogen) atoms. The fourth-order valence-corrected chi connectivity index (χ4v) is 5.81. The van der Waals surface area contributed by atoms with E-state index in [-0.39, 0.29) is 0 Å². The summed E-state index contributed by atoms with van der Waals surface area (Å²) in [6.07, 6.45) is 6.02. The minimum Gasteiger partial charge on any atom is -0.227 e. The first-order valence-corrected chi connectivity index (χ1v) is 12.9. The van der Waals surface area contributed by atoms with Gasteiger partial charge >= 0.3 is 0 Å². The topological polar surface area (TPSA) is 34.1 Å². The van der Waals surface area contributed by atoms with Crippen molar-refractivity contribution in [1.82, 2.24) is 0 Å². The van der Waals surface area contributed by atoms with Gasteiger partial charge in [0, 0.05) is 0 Å². The first-order chi connectivity index (χ1) is 17.7. The summed E-state index contributed by atoms with van der Waals surface area (Å²) >= 11 is 0. The van der Waals surface area contributed by atoms with Crippen LogP contribution in [0.15, 0.2) is 109 Å². The van der Waals surface area contributed by atoms with Crippen molar-refractivity contribution in [1.29, 1.82) is 0 Å². The third-order valence-electron chi connectivity index (χ3n) is 5.77. The molecule has 0 aliphatic heterocycles. The number of sulfone groups is 1. The third kappa shape index (κ3) is 6.62. The van der Waals surface area contributed by atoms with Crippen molar-refractivity contribution >= 4 is 22.0 Å². The molecule has 0 saturated heterocycles. The number of benzene rings is 4. The van der Waals surface area contributed by atoms with Crippen molar-refractivity contribution in [3.8, 4) is 0 Å². The molecule has 0 spiro atoms. The number of halogens is 4. The van der Waals surface area contributed by atoms with E-state index in [2.05, 4.69) is 0 Å². The van der Waals surface area contributed by atoms with Gasteiger partial charge < -0.3 is 0 Å². The SMILES string of the molecule is O=S(=O)(C(/C=C/c1ccc(F)cc1)c1ccc(F)cc1)C(/C=C/c1ccc(F)cc1)c1ccc(F)cc1. The summed E-state index contributed by atoms with van der Waals surface area (Å²) in [4.78, 5) is 0. The Labute approximate surface area is 213 Å². The normalized spacial score (nSPS) is 13.7. The zero-order valence-electron chi connectivity index (χ0n) is 19.4. The largest absolute Gasteiger partial charge is 0.227 e. The van der Waals surface area contributed by atoms with Gasteiger partial charge in [0.05, 0.1) is 0 Å². The molecule has 0 bridgehead atoms. The van der Waals surface area contributed by atoms with Gasteiger partial charge in [0.1, 0.15) is 33.8 Å². The van der Waals surface area contributed by atoms with Crippen LogP contribution in [-0.4, -0.2) is 8.42 Å². The van der Waals surface area contributed by atoms with Crippen LogP contribution in [0, 0.1) is 23.3 Å². The second-order valence-corrected chi connectivity index (χ2v) is 10.5. The minimum atomic E-state index is -4.12. The molecule has 0 aromatic heterocycles. The molecule has 0 aliphatic carbocycles. The summed E-state index contributed by atoms with van der Waals surface area (Å²) in [5.74, 6) is -1.90. The Morgan fingerprint density at radius 2 is 0.730 bits per heavy atom. The summed E-state index contributed by atoms with van der Waals surface area (Å²) in [5.41, 5.74) is 1.79. The van der Waals surface area contributed by atoms with E-state index in [4.69, 9.17) is 0 Å². The van der Waals surface area contributed by atoms with Gasteiger partial charge in [-0.25, -0.2) is 26.0 Å². The molecule has 0 radical (unpaired) electrons. The van der Waals surface area contributed by atoms with Crippen molar-refractivity contribution in [3.05, 3.63) is 155 Å². The van der Waals surface area contributed by atoms with E-state index in [9.17, 15) is 26.0 Å². The monoisotopic (exact) mass is 522 g/mol. The molecule has 0 aliphatic rings. The Hall–Kier alpha value is -3.97. The molecular weight excluding hydrogens is 500 g/mol. The molecule has 2 atom stereocenters. The van der Waals surface area contributed by atoms with Gasteiger partial charge in [-0.1, -0.05) is 72.8 Å². The van der Waals surface area contributed by atoms with E-state index in [1.54, 1.807) is 12.2 Å². The molecule has 188 valence electrons. The van der Waals surface area contributed by atoms with Crippen molar-refractivity contribution in [2.45, 2.75) is 10.5 Å². The summed E-state index contributed by atoms with van der Waals surface area (Å²) in [5, 5.41) is -2.43. The lowest BCUT2D eigenvalue weighted by Gasteiger charge is -2.22. The molecule has 4 aromatic carbocycles. The smallest absolute Gasteiger partial charge is 0.171 e. The second-order valence-electron chi connectivity index (χ2n) is 8.35. The number of hydrogen-bond acceptors (Lipinski definition) is 2. The quantitative estimate of drug-likeness (QED) is 0.221. The number of rotatable bonds is 8. The van der Waals surface area contributed by atoms with Gasteiger partial charge in [0.15, 0.2) is 9.84 Å². The van der Waals surface area contributed by atoms with Gasteiger partial charge in [-0.05, 0) is 70.8 Å². The maximum Gasteiger partial charge on any atom is 0.171 e. The van der Waals surface area contributed by atoms with E-state index < -0.39 is 43.6 Å². The predicted molar refractivity (Wildman–Crippen MR) is 138 cm³/mol. The highest BCUT2D eigenvalue weighted by Gasteiger charge is 2.33. The molecular formula is C30H22F4O2S. The highest BCUT2D eigenvalue weighted by molar-refractivity contribution is 7.92. The van der Waals surface area contributed by atoms with Crippen molar-refractivity contribution in [2.75, 3.05) is 0 Å². The van der Waals surface area contributed by atoms with Crippen LogP contribution in [0.5, 0.6) is 0 Å². The van der Waals surface area contributed by atoms with E-state index in [0.717, 1.165) is 0 Å². The Bertz CT molecular complexity index is 1380. The Morgan fingerprint density at radius 3 is 1.03 bits per heavy atom. The highest BCUT2D eigenvalue weighted by Crippen LogP contribution is 2.37. The standard InChI is InChI=1S/C30H22F4O2S/c31-25-11-1-21(2-12-25)5-19-29(23-7-15-27(33)16-8-23)37(35,36)30(24-9-17-28(34)18-10-24)20-6-22-3-13-26(32)14-4-22/h1-20,29-30H/b19-5+,20-6+. The second kappa shape index (κ2) is 11.4. The number of hydrogen-bond donors (Lipinski definition) is 0. The van der Waals surface area contributed by atoms with Crippen molar-refractivity contribution in [2.24, 2.45) is 0 Å². The average Bonchev–Trinajstić information content (AvgIpc) is 2.88. The molecule has 4 rings (SSSR count). The molecule has 2 nitrogen and oxygen atoms in total. The molecule has 7 heteroatoms. The van der Waals surface area contributed by atoms with Gasteiger partial charge in [0.25, 0.3) is 0 Å². The highest BCUT2D eigenvalue weighted by atomic mass is 32.2. The maximum atomic E-state index is 14.1. The molecule has 2 unspecified atom stereocenters. The van der Waals surface area contributed by atoms with Crippen LogP contribution in [0.2, 0.25) is 0 Å². The fraction of sp³-hybridized carbons (Fsp3) is 0.0667. The zero-order chi connectivity index (χ0) is 26.4. The lowest BCUT2D eigenvalue weighted by molar-refractivity contribution is 0.583. The van der Waals surface area contributed by atoms with E-state index in [1.165, 1.54) is 109 Å². The zero-order valence-corrected chi connectivity index (χ0v) is 20.3. The van der Waals surface area contributed by atoms with Gasteiger partial charge in [-0.3, -0.25) is 0 Å². The Morgan fingerprint density at radius 1 is 0.459 bits per heavy atom. The van der Waals surface area contributed by atoms with E-state index in [0.29, 0.717) is 22.3 Å². The Balaban J connectivity index is 1.81.